The van der Waals surface area contributed by atoms with E-state index in [2.05, 4.69) is 5.32 Å². The van der Waals surface area contributed by atoms with E-state index in [1.807, 2.05) is 0 Å². The van der Waals surface area contributed by atoms with Gasteiger partial charge in [-0.15, -0.1) is 0 Å². The van der Waals surface area contributed by atoms with Crippen LogP contribution in [-0.4, -0.2) is 31.2 Å². The quantitative estimate of drug-likeness (QED) is 0.732. The number of nitrogens with one attached hydrogen (secondary N) is 1. The molecule has 0 aromatic heterocycles. The molecule has 0 atom stereocenters. The summed E-state index contributed by atoms with van der Waals surface area (Å²) in [5.41, 5.74) is 5.56. The molecule has 0 unspecified atom stereocenters. The summed E-state index contributed by atoms with van der Waals surface area (Å²) in [7, 11) is 0. The van der Waals surface area contributed by atoms with Crippen molar-refractivity contribution >= 4 is 5.91 Å². The first kappa shape index (κ1) is 13.8. The van der Waals surface area contributed by atoms with Gasteiger partial charge in [-0.25, -0.2) is 0 Å². The van der Waals surface area contributed by atoms with Crippen molar-refractivity contribution in [2.24, 2.45) is 11.7 Å². The maximum absolute atomic E-state index is 11.8. The minimum Gasteiger partial charge on any atom is -0.368 e. The molecule has 0 aromatic carbocycles. The van der Waals surface area contributed by atoms with Crippen LogP contribution in [0.15, 0.2) is 0 Å². The Labute approximate surface area is 110 Å². The predicted molar refractivity (Wildman–Crippen MR) is 71.2 cm³/mol. The average Bonchev–Trinajstić information content (AvgIpc) is 2.56. The molecule has 2 aliphatic rings. The van der Waals surface area contributed by atoms with Crippen LogP contribution in [0, 0.1) is 5.92 Å². The van der Waals surface area contributed by atoms with Crippen LogP contribution >= 0.6 is 0 Å². The molecule has 2 aliphatic carbocycles. The third kappa shape index (κ3) is 4.25. The van der Waals surface area contributed by atoms with Gasteiger partial charge >= 0.3 is 0 Å². The summed E-state index contributed by atoms with van der Waals surface area (Å²) >= 11 is 0. The zero-order valence-electron chi connectivity index (χ0n) is 11.2. The highest BCUT2D eigenvalue weighted by Gasteiger charge is 2.29. The van der Waals surface area contributed by atoms with Crippen molar-refractivity contribution in [1.82, 2.24) is 5.32 Å². The van der Waals surface area contributed by atoms with Crippen LogP contribution in [0.5, 0.6) is 0 Å². The van der Waals surface area contributed by atoms with Crippen molar-refractivity contribution < 1.29 is 9.53 Å². The van der Waals surface area contributed by atoms with Crippen LogP contribution < -0.4 is 11.1 Å². The lowest BCUT2D eigenvalue weighted by atomic mass is 9.82. The van der Waals surface area contributed by atoms with Gasteiger partial charge in [-0.1, -0.05) is 25.7 Å². The van der Waals surface area contributed by atoms with Crippen LogP contribution in [-0.2, 0) is 9.53 Å². The fourth-order valence-electron chi connectivity index (χ4n) is 2.89. The highest BCUT2D eigenvalue weighted by atomic mass is 16.5. The van der Waals surface area contributed by atoms with E-state index in [1.54, 1.807) is 0 Å². The summed E-state index contributed by atoms with van der Waals surface area (Å²) in [6.07, 6.45) is 9.67. The number of ether oxygens (including phenoxy) is 1. The lowest BCUT2D eigenvalue weighted by Crippen LogP contribution is -2.41. The average molecular weight is 254 g/mol. The third-order valence-corrected chi connectivity index (χ3v) is 4.20. The van der Waals surface area contributed by atoms with E-state index >= 15 is 0 Å². The number of hydrogen-bond donors (Lipinski definition) is 2. The van der Waals surface area contributed by atoms with Crippen molar-refractivity contribution in [1.29, 1.82) is 0 Å². The summed E-state index contributed by atoms with van der Waals surface area (Å²) in [6, 6.07) is 0.377. The van der Waals surface area contributed by atoms with Crippen LogP contribution in [0.25, 0.3) is 0 Å². The summed E-state index contributed by atoms with van der Waals surface area (Å²) in [6.45, 7) is 0.965. The second kappa shape index (κ2) is 7.10. The highest BCUT2D eigenvalue weighted by molar-refractivity contribution is 5.77. The third-order valence-electron chi connectivity index (χ3n) is 4.20. The lowest BCUT2D eigenvalue weighted by molar-refractivity contribution is -0.131. The molecule has 1 amide bonds. The Morgan fingerprint density at radius 3 is 2.44 bits per heavy atom. The van der Waals surface area contributed by atoms with Crippen LogP contribution in [0.2, 0.25) is 0 Å². The fourth-order valence-corrected chi connectivity index (χ4v) is 2.89. The monoisotopic (exact) mass is 254 g/mol. The molecule has 2 rings (SSSR count). The van der Waals surface area contributed by atoms with Gasteiger partial charge in [-0.2, -0.15) is 0 Å². The molecule has 0 heterocycles. The maximum atomic E-state index is 11.8. The van der Waals surface area contributed by atoms with Gasteiger partial charge in [-0.05, 0) is 38.1 Å². The van der Waals surface area contributed by atoms with Gasteiger partial charge in [0, 0.05) is 6.04 Å². The number of carbonyl (C=O) groups is 1. The molecule has 3 N–H and O–H groups in total. The van der Waals surface area contributed by atoms with Crippen LogP contribution in [0.1, 0.15) is 51.4 Å². The fraction of sp³-hybridized carbons (Fsp3) is 0.929. The van der Waals surface area contributed by atoms with Crippen molar-refractivity contribution in [2.45, 2.75) is 63.5 Å². The van der Waals surface area contributed by atoms with Gasteiger partial charge in [0.1, 0.15) is 6.61 Å². The zero-order chi connectivity index (χ0) is 12.8. The van der Waals surface area contributed by atoms with Gasteiger partial charge in [0.25, 0.3) is 0 Å². The van der Waals surface area contributed by atoms with E-state index in [9.17, 15) is 4.79 Å². The molecule has 18 heavy (non-hydrogen) atoms. The first-order valence-corrected chi connectivity index (χ1v) is 7.39. The van der Waals surface area contributed by atoms with Gasteiger partial charge in [0.2, 0.25) is 5.91 Å². The number of rotatable bonds is 5. The standard InChI is InChI=1S/C14H26N2O2/c15-9-11-7-13(8-11)18-10-14(17)16-12-5-3-1-2-4-6-12/h11-13H,1-10,15H2,(H,16,17). The molecule has 0 spiro atoms. The Hall–Kier alpha value is -0.610. The summed E-state index contributed by atoms with van der Waals surface area (Å²) < 4.78 is 5.58. The molecule has 2 saturated carbocycles. The molecule has 0 bridgehead atoms. The maximum Gasteiger partial charge on any atom is 0.246 e. The van der Waals surface area contributed by atoms with Crippen molar-refractivity contribution in [3.63, 3.8) is 0 Å². The van der Waals surface area contributed by atoms with Gasteiger partial charge < -0.3 is 15.8 Å². The number of carbonyl (C=O) groups excluding carboxylic acids is 1. The van der Waals surface area contributed by atoms with Gasteiger partial charge in [0.05, 0.1) is 6.10 Å². The first-order valence-electron chi connectivity index (χ1n) is 7.39. The predicted octanol–water partition coefficient (Wildman–Crippen LogP) is 1.58. The Morgan fingerprint density at radius 1 is 1.17 bits per heavy atom. The smallest absolute Gasteiger partial charge is 0.246 e. The molecule has 4 nitrogen and oxygen atoms in total. The normalized spacial score (nSPS) is 29.4. The lowest BCUT2D eigenvalue weighted by Gasteiger charge is -2.34. The minimum absolute atomic E-state index is 0.0538. The summed E-state index contributed by atoms with van der Waals surface area (Å²) in [4.78, 5) is 11.8. The molecule has 0 aromatic rings. The Morgan fingerprint density at radius 2 is 1.83 bits per heavy atom. The molecule has 4 heteroatoms. The Kier molecular flexibility index (Phi) is 5.45. The van der Waals surface area contributed by atoms with Gasteiger partial charge in [0.15, 0.2) is 0 Å². The summed E-state index contributed by atoms with van der Waals surface area (Å²) in [5, 5.41) is 3.10. The van der Waals surface area contributed by atoms with E-state index in [0.29, 0.717) is 12.0 Å². The van der Waals surface area contributed by atoms with Gasteiger partial charge in [-0.3, -0.25) is 4.79 Å². The van der Waals surface area contributed by atoms with E-state index in [0.717, 1.165) is 32.2 Å². The number of nitrogens with two attached hydrogens (primary N) is 1. The Bertz CT molecular complexity index is 257. The largest absolute Gasteiger partial charge is 0.368 e. The van der Waals surface area contributed by atoms with Crippen LogP contribution in [0.3, 0.4) is 0 Å². The molecule has 0 aliphatic heterocycles. The number of hydrogen-bond acceptors (Lipinski definition) is 3. The minimum atomic E-state index is 0.0538. The zero-order valence-corrected chi connectivity index (χ0v) is 11.2. The second-order valence-corrected chi connectivity index (χ2v) is 5.76. The molecular formula is C14H26N2O2. The molecule has 0 radical (unpaired) electrons. The SMILES string of the molecule is NCC1CC(OCC(=O)NC2CCCCCC2)C1. The highest BCUT2D eigenvalue weighted by Crippen LogP contribution is 2.28. The van der Waals surface area contributed by atoms with Crippen molar-refractivity contribution in [3.05, 3.63) is 0 Å². The molecule has 2 fully saturated rings. The number of amides is 1. The van der Waals surface area contributed by atoms with E-state index in [1.165, 1.54) is 25.7 Å². The topological polar surface area (TPSA) is 64.3 Å². The second-order valence-electron chi connectivity index (χ2n) is 5.76. The van der Waals surface area contributed by atoms with Crippen LogP contribution in [0.4, 0.5) is 0 Å². The van der Waals surface area contributed by atoms with E-state index < -0.39 is 0 Å². The van der Waals surface area contributed by atoms with Crippen molar-refractivity contribution in [2.75, 3.05) is 13.2 Å². The Balaban J connectivity index is 1.57. The van der Waals surface area contributed by atoms with E-state index in [-0.39, 0.29) is 18.6 Å². The molecule has 104 valence electrons. The van der Waals surface area contributed by atoms with Crippen molar-refractivity contribution in [3.8, 4) is 0 Å². The molecular weight excluding hydrogens is 228 g/mol. The molecule has 0 saturated heterocycles. The first-order chi connectivity index (χ1) is 8.78. The summed E-state index contributed by atoms with van der Waals surface area (Å²) in [5.74, 6) is 0.665. The van der Waals surface area contributed by atoms with E-state index in [4.69, 9.17) is 10.5 Å².